The van der Waals surface area contributed by atoms with E-state index in [-0.39, 0.29) is 46.4 Å². The lowest BCUT2D eigenvalue weighted by Crippen LogP contribution is -2.73. The third-order valence-electron chi connectivity index (χ3n) is 6.94. The van der Waals surface area contributed by atoms with Gasteiger partial charge in [-0.25, -0.2) is 4.79 Å². The lowest BCUT2D eigenvalue weighted by atomic mass is 9.73. The summed E-state index contributed by atoms with van der Waals surface area (Å²) in [6.07, 6.45) is -4.92. The van der Waals surface area contributed by atoms with Crippen molar-refractivity contribution >= 4 is 17.7 Å². The number of aromatic hydroxyl groups is 1. The molecule has 2 aromatic carbocycles. The Morgan fingerprint density at radius 2 is 1.81 bits per heavy atom. The molecule has 3 heterocycles. The summed E-state index contributed by atoms with van der Waals surface area (Å²) in [5.41, 5.74) is -0.548. The number of ether oxygens (including phenoxy) is 2. The van der Waals surface area contributed by atoms with Crippen molar-refractivity contribution in [1.82, 2.24) is 20.0 Å². The Kier molecular flexibility index (Phi) is 7.81. The molecule has 0 unspecified atom stereocenters. The molecule has 2 N–H and O–H groups in total. The summed E-state index contributed by atoms with van der Waals surface area (Å²) in [5, 5.41) is 17.4. The van der Waals surface area contributed by atoms with Crippen LogP contribution in [0.3, 0.4) is 0 Å². The summed E-state index contributed by atoms with van der Waals surface area (Å²) in [7, 11) is 0. The number of hydrogen-bond acceptors (Lipinski definition) is 6. The van der Waals surface area contributed by atoms with Gasteiger partial charge in [0, 0.05) is 42.2 Å². The number of aromatic nitrogens is 2. The van der Waals surface area contributed by atoms with Gasteiger partial charge in [-0.3, -0.25) is 10.00 Å². The molecule has 0 aliphatic carbocycles. The second-order valence-electron chi connectivity index (χ2n) is 11.7. The van der Waals surface area contributed by atoms with Gasteiger partial charge in [-0.05, 0) is 56.7 Å². The number of rotatable bonds is 5. The van der Waals surface area contributed by atoms with E-state index in [0.29, 0.717) is 24.7 Å². The maximum absolute atomic E-state index is 13.1. The monoisotopic (exact) mass is 602 g/mol. The van der Waals surface area contributed by atoms with Crippen LogP contribution in [0.15, 0.2) is 42.5 Å². The van der Waals surface area contributed by atoms with Crippen LogP contribution >= 0.6 is 11.6 Å². The second kappa shape index (κ2) is 11.1. The molecule has 2 aliphatic heterocycles. The van der Waals surface area contributed by atoms with Gasteiger partial charge >= 0.3 is 12.3 Å². The van der Waals surface area contributed by atoms with Crippen LogP contribution in [0.2, 0.25) is 5.02 Å². The number of benzene rings is 2. The number of H-pyrrole nitrogens is 1. The highest BCUT2D eigenvalue weighted by Gasteiger charge is 2.53. The summed E-state index contributed by atoms with van der Waals surface area (Å²) >= 11 is 5.96. The number of nitrogens with zero attached hydrogens (tertiary/aromatic N) is 3. The molecule has 1 aromatic heterocycles. The van der Waals surface area contributed by atoms with Crippen LogP contribution in [-0.2, 0) is 17.5 Å². The van der Waals surface area contributed by atoms with Gasteiger partial charge in [0.25, 0.3) is 0 Å². The van der Waals surface area contributed by atoms with Crippen molar-refractivity contribution in [3.8, 4) is 34.6 Å². The number of likely N-dealkylation sites (tertiary alicyclic amines) is 2. The van der Waals surface area contributed by atoms with E-state index in [9.17, 15) is 23.1 Å². The molecule has 3 aromatic rings. The Labute approximate surface area is 246 Å². The normalized spacial score (nSPS) is 16.3. The Morgan fingerprint density at radius 3 is 2.43 bits per heavy atom. The first kappa shape index (κ1) is 29.6. The highest BCUT2D eigenvalue weighted by Crippen LogP contribution is 2.41. The minimum Gasteiger partial charge on any atom is -0.506 e. The van der Waals surface area contributed by atoms with Crippen molar-refractivity contribution in [2.24, 2.45) is 5.41 Å². The van der Waals surface area contributed by atoms with Crippen LogP contribution in [0, 0.1) is 17.3 Å². The van der Waals surface area contributed by atoms with Gasteiger partial charge < -0.3 is 19.5 Å². The number of phenols is 1. The molecule has 2 aliphatic rings. The van der Waals surface area contributed by atoms with Crippen LogP contribution in [0.25, 0.3) is 11.3 Å². The molecular weight excluding hydrogens is 573 g/mol. The van der Waals surface area contributed by atoms with Crippen LogP contribution in [-0.4, -0.2) is 69.5 Å². The zero-order valence-electron chi connectivity index (χ0n) is 23.3. The highest BCUT2D eigenvalue weighted by molar-refractivity contribution is 6.30. The predicted octanol–water partition coefficient (Wildman–Crippen LogP) is 5.94. The van der Waals surface area contributed by atoms with Crippen molar-refractivity contribution < 1.29 is 32.5 Å². The molecule has 0 saturated carbocycles. The fourth-order valence-corrected chi connectivity index (χ4v) is 5.17. The van der Waals surface area contributed by atoms with Gasteiger partial charge in [-0.1, -0.05) is 35.6 Å². The largest absolute Gasteiger partial charge is 0.506 e. The van der Waals surface area contributed by atoms with Crippen molar-refractivity contribution in [3.05, 3.63) is 64.3 Å². The Hall–Kier alpha value is -3.88. The van der Waals surface area contributed by atoms with E-state index >= 15 is 0 Å². The predicted molar refractivity (Wildman–Crippen MR) is 150 cm³/mol. The van der Waals surface area contributed by atoms with Crippen molar-refractivity contribution in [2.75, 3.05) is 32.7 Å². The van der Waals surface area contributed by atoms with Crippen LogP contribution < -0.4 is 4.74 Å². The minimum absolute atomic E-state index is 0.0314. The van der Waals surface area contributed by atoms with Gasteiger partial charge in [-0.15, -0.1) is 0 Å². The third kappa shape index (κ3) is 6.61. The standard InChI is InChI=1S/C30H30ClF3N4O4/c1-28(2,3)42-27(40)38-17-29(18-38)15-37(16-29)12-4-5-22-24(41-14-19-6-8-20(31)9-7-19)11-10-21(26(22)39)23-13-25(36-35-23)30(32,33)34/h6-11,13,39H,12,14-18H2,1-3H3,(H,35,36). The SMILES string of the molecule is CC(C)(C)OC(=O)N1CC2(CN(CC#Cc3c(OCc4ccc(Cl)cc4)ccc(-c4cc(C(F)(F)F)[nH]n4)c3O)C2)C1. The molecule has 0 atom stereocenters. The number of carbonyl (C=O) groups excluding carboxylic acids is 1. The number of nitrogens with one attached hydrogen (secondary N) is 1. The molecule has 1 spiro atoms. The van der Waals surface area contributed by atoms with E-state index in [1.807, 2.05) is 25.9 Å². The zero-order chi connectivity index (χ0) is 30.3. The van der Waals surface area contributed by atoms with E-state index in [1.165, 1.54) is 6.07 Å². The number of halogens is 4. The first-order valence-corrected chi connectivity index (χ1v) is 13.6. The number of hydrogen-bond donors (Lipinski definition) is 2. The Morgan fingerprint density at radius 1 is 1.12 bits per heavy atom. The Bertz CT molecular complexity index is 1520. The van der Waals surface area contributed by atoms with E-state index < -0.39 is 17.5 Å². The summed E-state index contributed by atoms with van der Waals surface area (Å²) in [4.78, 5) is 16.1. The molecule has 2 saturated heterocycles. The number of alkyl halides is 3. The fourth-order valence-electron chi connectivity index (χ4n) is 5.04. The highest BCUT2D eigenvalue weighted by atomic mass is 35.5. The molecule has 2 fully saturated rings. The maximum atomic E-state index is 13.1. The van der Waals surface area contributed by atoms with Crippen molar-refractivity contribution in [1.29, 1.82) is 0 Å². The van der Waals surface area contributed by atoms with Crippen molar-refractivity contribution in [3.63, 3.8) is 0 Å². The maximum Gasteiger partial charge on any atom is 0.432 e. The smallest absolute Gasteiger partial charge is 0.432 e. The van der Waals surface area contributed by atoms with Crippen LogP contribution in [0.4, 0.5) is 18.0 Å². The van der Waals surface area contributed by atoms with Crippen LogP contribution in [0.1, 0.15) is 37.6 Å². The van der Waals surface area contributed by atoms with Gasteiger partial charge in [0.15, 0.2) is 0 Å². The van der Waals surface area contributed by atoms with Gasteiger partial charge in [0.05, 0.1) is 12.2 Å². The number of carbonyl (C=O) groups is 1. The molecule has 222 valence electrons. The average Bonchev–Trinajstić information content (AvgIpc) is 3.34. The summed E-state index contributed by atoms with van der Waals surface area (Å²) in [6, 6.07) is 10.9. The van der Waals surface area contributed by atoms with E-state index in [2.05, 4.69) is 21.8 Å². The number of phenolic OH excluding ortho intramolecular Hbond substituents is 1. The van der Waals surface area contributed by atoms with Crippen molar-refractivity contribution in [2.45, 2.75) is 39.2 Å². The second-order valence-corrected chi connectivity index (χ2v) is 12.1. The van der Waals surface area contributed by atoms with Gasteiger partial charge in [-0.2, -0.15) is 18.3 Å². The number of aromatic amines is 1. The van der Waals surface area contributed by atoms with E-state index in [1.54, 1.807) is 35.2 Å². The third-order valence-corrected chi connectivity index (χ3v) is 7.20. The van der Waals surface area contributed by atoms with Gasteiger partial charge in [0.1, 0.15) is 35.0 Å². The average molecular weight is 603 g/mol. The molecule has 0 radical (unpaired) electrons. The topological polar surface area (TPSA) is 90.9 Å². The summed E-state index contributed by atoms with van der Waals surface area (Å²) in [6.45, 7) is 8.84. The molecular formula is C30H30ClF3N4O4. The van der Waals surface area contributed by atoms with Crippen LogP contribution in [0.5, 0.6) is 11.5 Å². The molecule has 12 heteroatoms. The lowest BCUT2D eigenvalue weighted by Gasteiger charge is -2.59. The van der Waals surface area contributed by atoms with Gasteiger partial charge in [0.2, 0.25) is 0 Å². The number of amides is 1. The minimum atomic E-state index is -4.61. The molecule has 0 bridgehead atoms. The Balaban J connectivity index is 1.29. The first-order valence-electron chi connectivity index (χ1n) is 13.3. The van der Waals surface area contributed by atoms with E-state index in [0.717, 1.165) is 24.7 Å². The quantitative estimate of drug-likeness (QED) is 0.352. The first-order chi connectivity index (χ1) is 19.7. The zero-order valence-corrected chi connectivity index (χ0v) is 24.1. The molecule has 5 rings (SSSR count). The molecule has 42 heavy (non-hydrogen) atoms. The summed E-state index contributed by atoms with van der Waals surface area (Å²) in [5.74, 6) is 5.96. The molecule has 1 amide bonds. The lowest BCUT2D eigenvalue weighted by molar-refractivity contribution is -0.141. The fraction of sp³-hybridized carbons (Fsp3) is 0.400. The van der Waals surface area contributed by atoms with E-state index in [4.69, 9.17) is 21.1 Å². The molecule has 8 nitrogen and oxygen atoms in total. The summed E-state index contributed by atoms with van der Waals surface area (Å²) < 4.78 is 50.7.